The summed E-state index contributed by atoms with van der Waals surface area (Å²) in [5.41, 5.74) is 1.57. The third-order valence-corrected chi connectivity index (χ3v) is 3.97. The molecule has 2 aromatic rings. The standard InChI is InChI=1S/C17H20N4O3/c1-12-17(23)21(14-6-4-5-7-15(14)24-12)11-16(22)19(2)9-13-8-18-20(3)10-13/h4-8,10,12H,9,11H2,1-3H3/t12-/m0/s1. The number of fused-ring (bicyclic) bond motifs is 1. The molecule has 0 saturated carbocycles. The predicted molar refractivity (Wildman–Crippen MR) is 88.6 cm³/mol. The first kappa shape index (κ1) is 16.0. The SMILES string of the molecule is C[C@@H]1Oc2ccccc2N(CC(=O)N(C)Cc2cnn(C)c2)C1=O. The van der Waals surface area contributed by atoms with E-state index in [1.165, 1.54) is 4.90 Å². The molecule has 7 heteroatoms. The van der Waals surface area contributed by atoms with Crippen molar-refractivity contribution < 1.29 is 14.3 Å². The Morgan fingerprint density at radius 1 is 1.38 bits per heavy atom. The summed E-state index contributed by atoms with van der Waals surface area (Å²) >= 11 is 0. The molecule has 24 heavy (non-hydrogen) atoms. The lowest BCUT2D eigenvalue weighted by Gasteiger charge is -2.33. The molecule has 7 nitrogen and oxygen atoms in total. The van der Waals surface area contributed by atoms with E-state index in [-0.39, 0.29) is 18.4 Å². The Morgan fingerprint density at radius 3 is 2.83 bits per heavy atom. The molecule has 1 aromatic carbocycles. The molecule has 1 aromatic heterocycles. The third-order valence-electron chi connectivity index (χ3n) is 3.97. The van der Waals surface area contributed by atoms with E-state index >= 15 is 0 Å². The van der Waals surface area contributed by atoms with Gasteiger partial charge in [0.05, 0.1) is 11.9 Å². The summed E-state index contributed by atoms with van der Waals surface area (Å²) in [6, 6.07) is 7.25. The molecule has 0 fully saturated rings. The second kappa shape index (κ2) is 6.35. The molecule has 2 heterocycles. The summed E-state index contributed by atoms with van der Waals surface area (Å²) in [6.07, 6.45) is 2.98. The van der Waals surface area contributed by atoms with Gasteiger partial charge in [-0.05, 0) is 19.1 Å². The van der Waals surface area contributed by atoms with Gasteiger partial charge in [0.25, 0.3) is 5.91 Å². The molecule has 0 aliphatic carbocycles. The minimum absolute atomic E-state index is 0.0136. The van der Waals surface area contributed by atoms with E-state index < -0.39 is 6.10 Å². The average Bonchev–Trinajstić information content (AvgIpc) is 2.96. The largest absolute Gasteiger partial charge is 0.479 e. The lowest BCUT2D eigenvalue weighted by Crippen LogP contribution is -2.48. The lowest BCUT2D eigenvalue weighted by atomic mass is 10.2. The second-order valence-electron chi connectivity index (χ2n) is 5.92. The molecule has 0 N–H and O–H groups in total. The number of amides is 2. The number of aromatic nitrogens is 2. The molecule has 1 atom stereocenters. The van der Waals surface area contributed by atoms with Gasteiger partial charge in [-0.15, -0.1) is 0 Å². The third kappa shape index (κ3) is 3.10. The lowest BCUT2D eigenvalue weighted by molar-refractivity contribution is -0.132. The monoisotopic (exact) mass is 328 g/mol. The predicted octanol–water partition coefficient (Wildman–Crippen LogP) is 1.19. The summed E-state index contributed by atoms with van der Waals surface area (Å²) < 4.78 is 7.28. The Balaban J connectivity index is 1.74. The first-order chi connectivity index (χ1) is 11.5. The highest BCUT2D eigenvalue weighted by Gasteiger charge is 2.33. The van der Waals surface area contributed by atoms with Crippen LogP contribution in [0, 0.1) is 0 Å². The van der Waals surface area contributed by atoms with Gasteiger partial charge in [0.1, 0.15) is 12.3 Å². The van der Waals surface area contributed by atoms with Gasteiger partial charge in [-0.25, -0.2) is 0 Å². The maximum Gasteiger partial charge on any atom is 0.268 e. The maximum absolute atomic E-state index is 12.5. The Kier molecular flexibility index (Phi) is 4.24. The number of ether oxygens (including phenoxy) is 1. The summed E-state index contributed by atoms with van der Waals surface area (Å²) in [4.78, 5) is 28.1. The highest BCUT2D eigenvalue weighted by molar-refractivity contribution is 6.03. The van der Waals surface area contributed by atoms with Crippen molar-refractivity contribution >= 4 is 17.5 Å². The molecule has 0 spiro atoms. The van der Waals surface area contributed by atoms with Gasteiger partial charge in [-0.3, -0.25) is 19.2 Å². The summed E-state index contributed by atoms with van der Waals surface area (Å²) in [5.74, 6) is 0.264. The molecule has 1 aliphatic heterocycles. The fraction of sp³-hybridized carbons (Fsp3) is 0.353. The Morgan fingerprint density at radius 2 is 2.12 bits per heavy atom. The second-order valence-corrected chi connectivity index (χ2v) is 5.92. The number of para-hydroxylation sites is 2. The van der Waals surface area contributed by atoms with Crippen LogP contribution in [0.5, 0.6) is 5.75 Å². The molecule has 2 amide bonds. The smallest absolute Gasteiger partial charge is 0.268 e. The van der Waals surface area contributed by atoms with Gasteiger partial charge >= 0.3 is 0 Å². The number of aryl methyl sites for hydroxylation is 1. The molecule has 1 aliphatic rings. The van der Waals surface area contributed by atoms with Gasteiger partial charge in [0, 0.05) is 32.4 Å². The molecule has 0 radical (unpaired) electrons. The van der Waals surface area contributed by atoms with Gasteiger partial charge in [0.15, 0.2) is 6.10 Å². The first-order valence-electron chi connectivity index (χ1n) is 7.74. The summed E-state index contributed by atoms with van der Waals surface area (Å²) in [7, 11) is 3.55. The topological polar surface area (TPSA) is 67.7 Å². The van der Waals surface area contributed by atoms with Crippen LogP contribution in [-0.4, -0.2) is 46.2 Å². The van der Waals surface area contributed by atoms with E-state index in [1.807, 2.05) is 25.4 Å². The van der Waals surface area contributed by atoms with Crippen molar-refractivity contribution in [3.8, 4) is 5.75 Å². The minimum Gasteiger partial charge on any atom is -0.479 e. The van der Waals surface area contributed by atoms with E-state index in [9.17, 15) is 9.59 Å². The van der Waals surface area contributed by atoms with Crippen molar-refractivity contribution in [1.29, 1.82) is 0 Å². The Hall–Kier alpha value is -2.83. The van der Waals surface area contributed by atoms with E-state index in [1.54, 1.807) is 41.9 Å². The summed E-state index contributed by atoms with van der Waals surface area (Å²) in [5, 5.41) is 4.09. The summed E-state index contributed by atoms with van der Waals surface area (Å²) in [6.45, 7) is 2.12. The van der Waals surface area contributed by atoms with Crippen LogP contribution in [0.3, 0.4) is 0 Å². The van der Waals surface area contributed by atoms with Crippen molar-refractivity contribution in [3.63, 3.8) is 0 Å². The molecular formula is C17H20N4O3. The number of carbonyl (C=O) groups is 2. The van der Waals surface area contributed by atoms with E-state index in [4.69, 9.17) is 4.74 Å². The highest BCUT2D eigenvalue weighted by Crippen LogP contribution is 2.33. The number of rotatable bonds is 4. The van der Waals surface area contributed by atoms with Gasteiger partial charge in [0.2, 0.25) is 5.91 Å². The zero-order valence-electron chi connectivity index (χ0n) is 14.0. The Bertz CT molecular complexity index is 771. The normalized spacial score (nSPS) is 16.5. The maximum atomic E-state index is 12.5. The molecular weight excluding hydrogens is 308 g/mol. The van der Waals surface area contributed by atoms with Crippen molar-refractivity contribution in [2.45, 2.75) is 19.6 Å². The van der Waals surface area contributed by atoms with Crippen molar-refractivity contribution in [3.05, 3.63) is 42.2 Å². The zero-order chi connectivity index (χ0) is 17.3. The van der Waals surface area contributed by atoms with Crippen LogP contribution in [0.2, 0.25) is 0 Å². The van der Waals surface area contributed by atoms with Crippen molar-refractivity contribution in [1.82, 2.24) is 14.7 Å². The fourth-order valence-corrected chi connectivity index (χ4v) is 2.69. The number of benzene rings is 1. The molecule has 3 rings (SSSR count). The quantitative estimate of drug-likeness (QED) is 0.845. The fourth-order valence-electron chi connectivity index (χ4n) is 2.69. The van der Waals surface area contributed by atoms with Crippen molar-refractivity contribution in [2.24, 2.45) is 7.05 Å². The van der Waals surface area contributed by atoms with Crippen LogP contribution < -0.4 is 9.64 Å². The number of hydrogen-bond donors (Lipinski definition) is 0. The minimum atomic E-state index is -0.601. The van der Waals surface area contributed by atoms with Crippen molar-refractivity contribution in [2.75, 3.05) is 18.5 Å². The molecule has 0 saturated heterocycles. The van der Waals surface area contributed by atoms with E-state index in [0.29, 0.717) is 18.0 Å². The molecule has 0 bridgehead atoms. The van der Waals surface area contributed by atoms with Crippen LogP contribution in [-0.2, 0) is 23.2 Å². The number of carbonyl (C=O) groups excluding carboxylic acids is 2. The van der Waals surface area contributed by atoms with Crippen LogP contribution in [0.15, 0.2) is 36.7 Å². The first-order valence-corrected chi connectivity index (χ1v) is 7.74. The van der Waals surface area contributed by atoms with Gasteiger partial charge in [-0.2, -0.15) is 5.10 Å². The number of likely N-dealkylation sites (N-methyl/N-ethyl adjacent to an activating group) is 1. The van der Waals surface area contributed by atoms with Crippen LogP contribution in [0.4, 0.5) is 5.69 Å². The average molecular weight is 328 g/mol. The van der Waals surface area contributed by atoms with Gasteiger partial charge < -0.3 is 9.64 Å². The van der Waals surface area contributed by atoms with Crippen LogP contribution in [0.1, 0.15) is 12.5 Å². The number of nitrogens with zero attached hydrogens (tertiary/aromatic N) is 4. The molecule has 0 unspecified atom stereocenters. The molecule has 126 valence electrons. The van der Waals surface area contributed by atoms with E-state index in [0.717, 1.165) is 5.56 Å². The number of hydrogen-bond acceptors (Lipinski definition) is 4. The van der Waals surface area contributed by atoms with Crippen LogP contribution in [0.25, 0.3) is 0 Å². The highest BCUT2D eigenvalue weighted by atomic mass is 16.5. The van der Waals surface area contributed by atoms with Crippen LogP contribution >= 0.6 is 0 Å². The zero-order valence-corrected chi connectivity index (χ0v) is 14.0. The Labute approximate surface area is 140 Å². The van der Waals surface area contributed by atoms with Gasteiger partial charge in [-0.1, -0.05) is 12.1 Å². The number of anilines is 1. The van der Waals surface area contributed by atoms with E-state index in [2.05, 4.69) is 5.10 Å².